The number of sulfonamides is 1. The van der Waals surface area contributed by atoms with Crippen LogP contribution in [0, 0.1) is 23.6 Å². The molecule has 3 atom stereocenters. The number of halogens is 1. The third-order valence-electron chi connectivity index (χ3n) is 7.21. The molecule has 1 aliphatic heterocycles. The summed E-state index contributed by atoms with van der Waals surface area (Å²) in [4.78, 5) is 5.55. The SMILES string of the molecule is O=S(=O)(c1ccc(N=c2scc(-c3ccccc3F)n2N=CC2CC3C=CC2C3)cc1)N1CCOCC1. The summed E-state index contributed by atoms with van der Waals surface area (Å²) in [5.41, 5.74) is 1.68. The lowest BCUT2D eigenvalue weighted by atomic mass is 9.95. The molecule has 3 unspecified atom stereocenters. The number of nitrogens with zero attached hydrogens (tertiary/aromatic N) is 4. The van der Waals surface area contributed by atoms with Crippen molar-refractivity contribution in [1.29, 1.82) is 0 Å². The van der Waals surface area contributed by atoms with Crippen LogP contribution in [-0.4, -0.2) is 49.9 Å². The van der Waals surface area contributed by atoms with Crippen molar-refractivity contribution in [1.82, 2.24) is 8.98 Å². The number of benzene rings is 2. The summed E-state index contributed by atoms with van der Waals surface area (Å²) < 4.78 is 49.0. The van der Waals surface area contributed by atoms with Crippen LogP contribution in [0.1, 0.15) is 12.8 Å². The second-order valence-electron chi connectivity index (χ2n) is 9.53. The number of fused-ring (bicyclic) bond motifs is 2. The standard InChI is InChI=1S/C27H27FN4O3S2/c28-25-4-2-1-3-24(25)26-18-36-27(32(26)29-17-21-16-19-5-6-20(21)15-19)30-22-7-9-23(10-8-22)37(33,34)31-11-13-35-14-12-31/h1-10,17-21H,11-16H2. The Morgan fingerprint density at radius 3 is 2.51 bits per heavy atom. The minimum Gasteiger partial charge on any atom is -0.379 e. The molecule has 1 saturated carbocycles. The van der Waals surface area contributed by atoms with Gasteiger partial charge in [0.2, 0.25) is 14.8 Å². The molecule has 1 saturated heterocycles. The van der Waals surface area contributed by atoms with Gasteiger partial charge >= 0.3 is 0 Å². The Balaban J connectivity index is 1.35. The van der Waals surface area contributed by atoms with Gasteiger partial charge in [0, 0.05) is 36.2 Å². The highest BCUT2D eigenvalue weighted by Gasteiger charge is 2.34. The third kappa shape index (κ3) is 4.86. The number of hydrogen-bond acceptors (Lipinski definition) is 6. The van der Waals surface area contributed by atoms with Crippen molar-refractivity contribution in [3.8, 4) is 11.3 Å². The van der Waals surface area contributed by atoms with E-state index in [1.165, 1.54) is 28.1 Å². The lowest BCUT2D eigenvalue weighted by Crippen LogP contribution is -2.40. The van der Waals surface area contributed by atoms with Gasteiger partial charge in [-0.3, -0.25) is 0 Å². The average Bonchev–Trinajstić information content (AvgIpc) is 3.65. The van der Waals surface area contributed by atoms with E-state index in [1.807, 2.05) is 11.6 Å². The summed E-state index contributed by atoms with van der Waals surface area (Å²) in [5, 5.41) is 6.65. The van der Waals surface area contributed by atoms with Gasteiger partial charge in [0.25, 0.3) is 0 Å². The van der Waals surface area contributed by atoms with Crippen LogP contribution in [0.4, 0.5) is 10.1 Å². The van der Waals surface area contributed by atoms with Gasteiger partial charge in [-0.1, -0.05) is 24.3 Å². The predicted molar refractivity (Wildman–Crippen MR) is 142 cm³/mol. The maximum atomic E-state index is 14.7. The zero-order valence-corrected chi connectivity index (χ0v) is 21.7. The maximum absolute atomic E-state index is 14.7. The summed E-state index contributed by atoms with van der Waals surface area (Å²) in [6.07, 6.45) is 8.79. The average molecular weight is 539 g/mol. The number of morpholine rings is 1. The molecule has 2 aliphatic carbocycles. The van der Waals surface area contributed by atoms with Crippen LogP contribution in [0.3, 0.4) is 0 Å². The van der Waals surface area contributed by atoms with Gasteiger partial charge in [0.15, 0.2) is 0 Å². The van der Waals surface area contributed by atoms with Crippen molar-refractivity contribution < 1.29 is 17.5 Å². The molecule has 0 radical (unpaired) electrons. The molecule has 0 spiro atoms. The fourth-order valence-electron chi connectivity index (χ4n) is 5.23. The van der Waals surface area contributed by atoms with Crippen LogP contribution in [0.5, 0.6) is 0 Å². The molecule has 2 heterocycles. The molecule has 3 aromatic rings. The van der Waals surface area contributed by atoms with Crippen LogP contribution in [0.2, 0.25) is 0 Å². The largest absolute Gasteiger partial charge is 0.379 e. The Kier molecular flexibility index (Phi) is 6.66. The Bertz CT molecular complexity index is 1520. The Hall–Kier alpha value is -2.92. The first kappa shape index (κ1) is 24.4. The first-order valence-electron chi connectivity index (χ1n) is 12.4. The molecule has 10 heteroatoms. The Labute approximate surface area is 219 Å². The van der Waals surface area contributed by atoms with E-state index in [2.05, 4.69) is 12.2 Å². The number of aromatic nitrogens is 1. The quantitative estimate of drug-likeness (QED) is 0.339. The van der Waals surface area contributed by atoms with Gasteiger partial charge in [-0.05, 0) is 61.1 Å². The first-order chi connectivity index (χ1) is 18.0. The van der Waals surface area contributed by atoms with Gasteiger partial charge < -0.3 is 4.74 Å². The summed E-state index contributed by atoms with van der Waals surface area (Å²) >= 11 is 1.37. The molecule has 37 heavy (non-hydrogen) atoms. The second-order valence-corrected chi connectivity index (χ2v) is 12.3. The molecule has 192 valence electrons. The minimum absolute atomic E-state index is 0.224. The molecule has 6 rings (SSSR count). The highest BCUT2D eigenvalue weighted by Crippen LogP contribution is 2.42. The number of rotatable bonds is 6. The lowest BCUT2D eigenvalue weighted by molar-refractivity contribution is 0.0730. The highest BCUT2D eigenvalue weighted by atomic mass is 32.2. The molecular weight excluding hydrogens is 511 g/mol. The van der Waals surface area contributed by atoms with Crippen molar-refractivity contribution in [2.24, 2.45) is 27.8 Å². The molecule has 2 aromatic carbocycles. The number of hydrogen-bond donors (Lipinski definition) is 0. The van der Waals surface area contributed by atoms with E-state index < -0.39 is 10.0 Å². The molecule has 1 aromatic heterocycles. The molecular formula is C27H27FN4O3S2. The van der Waals surface area contributed by atoms with Gasteiger partial charge in [0.05, 0.1) is 29.5 Å². The van der Waals surface area contributed by atoms with E-state index in [9.17, 15) is 12.8 Å². The van der Waals surface area contributed by atoms with E-state index in [4.69, 9.17) is 14.8 Å². The summed E-state index contributed by atoms with van der Waals surface area (Å²) in [7, 11) is -3.58. The van der Waals surface area contributed by atoms with Crippen molar-refractivity contribution in [2.75, 3.05) is 26.3 Å². The fraction of sp³-hybridized carbons (Fsp3) is 0.333. The van der Waals surface area contributed by atoms with Gasteiger partial charge in [-0.2, -0.15) is 9.41 Å². The van der Waals surface area contributed by atoms with Gasteiger partial charge in [-0.15, -0.1) is 11.3 Å². The predicted octanol–water partition coefficient (Wildman–Crippen LogP) is 4.66. The van der Waals surface area contributed by atoms with Crippen molar-refractivity contribution >= 4 is 33.3 Å². The first-order valence-corrected chi connectivity index (χ1v) is 14.7. The fourth-order valence-corrected chi connectivity index (χ4v) is 7.48. The van der Waals surface area contributed by atoms with E-state index in [-0.39, 0.29) is 10.7 Å². The second kappa shape index (κ2) is 10.1. The number of thiazole rings is 1. The summed E-state index contributed by atoms with van der Waals surface area (Å²) in [6.45, 7) is 1.49. The van der Waals surface area contributed by atoms with Crippen LogP contribution < -0.4 is 4.80 Å². The molecule has 2 bridgehead atoms. The summed E-state index contributed by atoms with van der Waals surface area (Å²) in [5.74, 6) is 1.16. The van der Waals surface area contributed by atoms with Crippen LogP contribution in [0.25, 0.3) is 11.3 Å². The number of allylic oxidation sites excluding steroid dienone is 2. The Morgan fingerprint density at radius 2 is 1.81 bits per heavy atom. The highest BCUT2D eigenvalue weighted by molar-refractivity contribution is 7.89. The van der Waals surface area contributed by atoms with Crippen LogP contribution in [0.15, 0.2) is 81.1 Å². The third-order valence-corrected chi connectivity index (χ3v) is 9.94. The zero-order valence-electron chi connectivity index (χ0n) is 20.1. The minimum atomic E-state index is -3.58. The van der Waals surface area contributed by atoms with Crippen molar-refractivity contribution in [2.45, 2.75) is 17.7 Å². The van der Waals surface area contributed by atoms with Crippen molar-refractivity contribution in [3.63, 3.8) is 0 Å². The smallest absolute Gasteiger partial charge is 0.243 e. The van der Waals surface area contributed by atoms with E-state index in [0.29, 0.717) is 65.8 Å². The molecule has 0 N–H and O–H groups in total. The normalized spacial score (nSPS) is 24.5. The monoisotopic (exact) mass is 538 g/mol. The van der Waals surface area contributed by atoms with Gasteiger partial charge in [0.1, 0.15) is 5.82 Å². The van der Waals surface area contributed by atoms with E-state index in [1.54, 1.807) is 47.1 Å². The van der Waals surface area contributed by atoms with Crippen LogP contribution in [-0.2, 0) is 14.8 Å². The number of ether oxygens (including phenoxy) is 1. The molecule has 0 amide bonds. The zero-order chi connectivity index (χ0) is 25.4. The topological polar surface area (TPSA) is 76.3 Å². The van der Waals surface area contributed by atoms with Gasteiger partial charge in [-0.25, -0.2) is 22.5 Å². The van der Waals surface area contributed by atoms with E-state index >= 15 is 0 Å². The van der Waals surface area contributed by atoms with E-state index in [0.717, 1.165) is 6.42 Å². The summed E-state index contributed by atoms with van der Waals surface area (Å²) in [6, 6.07) is 13.2. The van der Waals surface area contributed by atoms with Crippen molar-refractivity contribution in [3.05, 3.63) is 76.7 Å². The maximum Gasteiger partial charge on any atom is 0.243 e. The molecule has 3 aliphatic rings. The van der Waals surface area contributed by atoms with Crippen LogP contribution >= 0.6 is 11.3 Å². The molecule has 7 nitrogen and oxygen atoms in total. The Morgan fingerprint density at radius 1 is 1.03 bits per heavy atom. The lowest BCUT2D eigenvalue weighted by Gasteiger charge is -2.26. The molecule has 2 fully saturated rings.